The van der Waals surface area contributed by atoms with Crippen molar-refractivity contribution in [3.05, 3.63) is 70.8 Å². The van der Waals surface area contributed by atoms with E-state index in [1.54, 1.807) is 24.3 Å². The van der Waals surface area contributed by atoms with Crippen molar-refractivity contribution < 1.29 is 14.0 Å². The highest BCUT2D eigenvalue weighted by atomic mass is 19.1. The molecule has 2 amide bonds. The maximum absolute atomic E-state index is 13.6. The third-order valence-corrected chi connectivity index (χ3v) is 5.86. The molecule has 0 atom stereocenters. The van der Waals surface area contributed by atoms with E-state index in [9.17, 15) is 14.0 Å². The topological polar surface area (TPSA) is 89.9 Å². The molecule has 7 nitrogen and oxygen atoms in total. The zero-order valence-corrected chi connectivity index (χ0v) is 17.3. The Morgan fingerprint density at radius 1 is 1.22 bits per heavy atom. The fourth-order valence-electron chi connectivity index (χ4n) is 4.26. The number of carbonyl (C=O) groups is 2. The van der Waals surface area contributed by atoms with Gasteiger partial charge in [0.2, 0.25) is 11.6 Å². The van der Waals surface area contributed by atoms with Crippen LogP contribution in [0.4, 0.5) is 15.8 Å². The smallest absolute Gasteiger partial charge is 0.275 e. The van der Waals surface area contributed by atoms with Gasteiger partial charge in [0.1, 0.15) is 23.7 Å². The van der Waals surface area contributed by atoms with Gasteiger partial charge in [0, 0.05) is 11.3 Å². The first-order valence-electron chi connectivity index (χ1n) is 10.3. The van der Waals surface area contributed by atoms with Crippen LogP contribution in [-0.2, 0) is 9.59 Å². The second-order valence-electron chi connectivity index (χ2n) is 7.91. The van der Waals surface area contributed by atoms with Crippen LogP contribution in [0.2, 0.25) is 0 Å². The lowest BCUT2D eigenvalue weighted by Gasteiger charge is -2.38. The summed E-state index contributed by atoms with van der Waals surface area (Å²) < 4.78 is 13.6. The van der Waals surface area contributed by atoms with Crippen molar-refractivity contribution in [1.29, 1.82) is 5.26 Å². The van der Waals surface area contributed by atoms with Gasteiger partial charge in [0.25, 0.3) is 5.91 Å². The molecular formula is C24H20FN5O2. The van der Waals surface area contributed by atoms with Crippen molar-refractivity contribution >= 4 is 28.9 Å². The van der Waals surface area contributed by atoms with Crippen LogP contribution in [-0.4, -0.2) is 34.6 Å². The lowest BCUT2D eigenvalue weighted by Crippen LogP contribution is -2.51. The molecule has 2 aliphatic rings. The molecule has 0 bridgehead atoms. The van der Waals surface area contributed by atoms with E-state index in [2.05, 4.69) is 16.2 Å². The van der Waals surface area contributed by atoms with Crippen LogP contribution in [0.15, 0.2) is 47.5 Å². The predicted molar refractivity (Wildman–Crippen MR) is 117 cm³/mol. The largest absolute Gasteiger partial charge is 0.326 e. The highest BCUT2D eigenvalue weighted by Crippen LogP contribution is 2.39. The molecule has 1 aliphatic carbocycles. The standard InChI is InChI=1S/C24H20FN5O2/c1-27-20-13-18(9-10-19(20)25)28-21(31)15-30-23(32)22(17-7-5-16(14-26)6-8-17)29-24(30)11-3-2-4-12-24/h5-10,13H,2-4,11-12,15H2,(H,28,31). The number of hydrogen-bond acceptors (Lipinski definition) is 4. The molecule has 1 heterocycles. The Bertz CT molecular complexity index is 1180. The maximum Gasteiger partial charge on any atom is 0.275 e. The molecule has 4 rings (SSSR count). The van der Waals surface area contributed by atoms with Crippen LogP contribution in [0.25, 0.3) is 4.85 Å². The number of benzene rings is 2. The molecule has 2 aromatic rings. The molecule has 1 saturated carbocycles. The van der Waals surface area contributed by atoms with E-state index < -0.39 is 17.4 Å². The summed E-state index contributed by atoms with van der Waals surface area (Å²) in [5, 5.41) is 11.7. The molecule has 1 fully saturated rings. The highest BCUT2D eigenvalue weighted by Gasteiger charge is 2.48. The molecule has 1 N–H and O–H groups in total. The number of anilines is 1. The van der Waals surface area contributed by atoms with E-state index in [-0.39, 0.29) is 18.1 Å². The Kier molecular flexibility index (Phi) is 5.70. The van der Waals surface area contributed by atoms with Gasteiger partial charge >= 0.3 is 0 Å². The molecular weight excluding hydrogens is 409 g/mol. The lowest BCUT2D eigenvalue weighted by molar-refractivity contribution is -0.134. The van der Waals surface area contributed by atoms with Crippen LogP contribution in [0.3, 0.4) is 0 Å². The Morgan fingerprint density at radius 3 is 2.59 bits per heavy atom. The zero-order valence-electron chi connectivity index (χ0n) is 17.3. The van der Waals surface area contributed by atoms with Crippen LogP contribution < -0.4 is 5.32 Å². The van der Waals surface area contributed by atoms with Gasteiger partial charge in [-0.2, -0.15) is 5.26 Å². The van der Waals surface area contributed by atoms with Crippen molar-refractivity contribution in [2.45, 2.75) is 37.8 Å². The maximum atomic E-state index is 13.6. The number of hydrogen-bond donors (Lipinski definition) is 1. The highest BCUT2D eigenvalue weighted by molar-refractivity contribution is 6.47. The summed E-state index contributed by atoms with van der Waals surface area (Å²) in [4.78, 5) is 35.5. The molecule has 0 aromatic heterocycles. The van der Waals surface area contributed by atoms with Gasteiger partial charge in [0.15, 0.2) is 0 Å². The number of rotatable bonds is 4. The third kappa shape index (κ3) is 3.95. The third-order valence-electron chi connectivity index (χ3n) is 5.86. The number of amides is 2. The van der Waals surface area contributed by atoms with Gasteiger partial charge in [-0.1, -0.05) is 18.6 Å². The van der Waals surface area contributed by atoms with E-state index in [0.29, 0.717) is 35.4 Å². The second kappa shape index (κ2) is 8.60. The number of nitrogens with one attached hydrogen (secondary N) is 1. The minimum absolute atomic E-state index is 0.185. The summed E-state index contributed by atoms with van der Waals surface area (Å²) in [5.41, 5.74) is 0.737. The summed E-state index contributed by atoms with van der Waals surface area (Å²) in [6, 6.07) is 12.5. The minimum atomic E-state index is -0.764. The van der Waals surface area contributed by atoms with Gasteiger partial charge in [-0.15, -0.1) is 0 Å². The summed E-state index contributed by atoms with van der Waals surface area (Å²) >= 11 is 0. The van der Waals surface area contributed by atoms with Crippen LogP contribution >= 0.6 is 0 Å². The molecule has 0 unspecified atom stereocenters. The Hall–Kier alpha value is -4.04. The summed E-state index contributed by atoms with van der Waals surface area (Å²) in [6.45, 7) is 6.82. The van der Waals surface area contributed by atoms with Crippen LogP contribution in [0, 0.1) is 23.7 Å². The number of nitriles is 1. The van der Waals surface area contributed by atoms with Crippen molar-refractivity contribution in [1.82, 2.24) is 4.90 Å². The molecule has 2 aromatic carbocycles. The fourth-order valence-corrected chi connectivity index (χ4v) is 4.26. The number of halogens is 1. The van der Waals surface area contributed by atoms with Gasteiger partial charge in [-0.3, -0.25) is 14.6 Å². The summed E-state index contributed by atoms with van der Waals surface area (Å²) in [7, 11) is 0. The molecule has 32 heavy (non-hydrogen) atoms. The van der Waals surface area contributed by atoms with Crippen molar-refractivity contribution in [3.63, 3.8) is 0 Å². The average molecular weight is 429 g/mol. The minimum Gasteiger partial charge on any atom is -0.326 e. The fraction of sp³-hybridized carbons (Fsp3) is 0.292. The number of nitrogens with zero attached hydrogens (tertiary/aromatic N) is 4. The Balaban J connectivity index is 1.58. The molecule has 160 valence electrons. The van der Waals surface area contributed by atoms with Gasteiger partial charge in [-0.25, -0.2) is 9.24 Å². The average Bonchev–Trinajstić information content (AvgIpc) is 3.06. The zero-order chi connectivity index (χ0) is 22.7. The Labute approximate surface area is 185 Å². The molecule has 8 heteroatoms. The number of aliphatic imine (C=N–C) groups is 1. The SMILES string of the molecule is [C-]#[N+]c1cc(NC(=O)CN2C(=O)C(c3ccc(C#N)cc3)=NC23CCCCC3)ccc1F. The van der Waals surface area contributed by atoms with Gasteiger partial charge in [-0.05, 0) is 56.0 Å². The second-order valence-corrected chi connectivity index (χ2v) is 7.91. The summed E-state index contributed by atoms with van der Waals surface area (Å²) in [6.07, 6.45) is 4.20. The van der Waals surface area contributed by atoms with Crippen LogP contribution in [0.5, 0.6) is 0 Å². The summed E-state index contributed by atoms with van der Waals surface area (Å²) in [5.74, 6) is -1.43. The first kappa shape index (κ1) is 21.2. The van der Waals surface area contributed by atoms with E-state index in [0.717, 1.165) is 25.3 Å². The Morgan fingerprint density at radius 2 is 1.94 bits per heavy atom. The van der Waals surface area contributed by atoms with Gasteiger partial charge in [0.05, 0.1) is 18.2 Å². The molecule has 0 saturated heterocycles. The van der Waals surface area contributed by atoms with E-state index >= 15 is 0 Å². The first-order valence-corrected chi connectivity index (χ1v) is 10.3. The molecule has 1 aliphatic heterocycles. The molecule has 0 radical (unpaired) electrons. The van der Waals surface area contributed by atoms with Gasteiger partial charge < -0.3 is 10.2 Å². The van der Waals surface area contributed by atoms with Crippen LogP contribution in [0.1, 0.15) is 43.2 Å². The van der Waals surface area contributed by atoms with Crippen molar-refractivity contribution in [3.8, 4) is 6.07 Å². The van der Waals surface area contributed by atoms with Crippen molar-refractivity contribution in [2.24, 2.45) is 4.99 Å². The normalized spacial score (nSPS) is 16.9. The quantitative estimate of drug-likeness (QED) is 0.740. The predicted octanol–water partition coefficient (Wildman–Crippen LogP) is 4.18. The van der Waals surface area contributed by atoms with E-state index in [1.165, 1.54) is 17.0 Å². The monoisotopic (exact) mass is 429 g/mol. The first-order chi connectivity index (χ1) is 15.5. The molecule has 1 spiro atoms. The number of carbonyl (C=O) groups excluding carboxylic acids is 2. The van der Waals surface area contributed by atoms with E-state index in [1.807, 2.05) is 0 Å². The lowest BCUT2D eigenvalue weighted by atomic mass is 9.88. The van der Waals surface area contributed by atoms with E-state index in [4.69, 9.17) is 16.8 Å². The van der Waals surface area contributed by atoms with Crippen molar-refractivity contribution in [2.75, 3.05) is 11.9 Å².